The number of ether oxygens (including phenoxy) is 1. The minimum Gasteiger partial charge on any atom is -0.494 e. The highest BCUT2D eigenvalue weighted by atomic mass is 35.5. The number of amides is 1. The van der Waals surface area contributed by atoms with Gasteiger partial charge < -0.3 is 15.8 Å². The van der Waals surface area contributed by atoms with Gasteiger partial charge >= 0.3 is 0 Å². The van der Waals surface area contributed by atoms with Gasteiger partial charge in [-0.2, -0.15) is 0 Å². The van der Waals surface area contributed by atoms with Gasteiger partial charge in [0.05, 0.1) is 17.9 Å². The van der Waals surface area contributed by atoms with E-state index in [1.54, 1.807) is 0 Å². The van der Waals surface area contributed by atoms with Crippen LogP contribution in [0.2, 0.25) is 0 Å². The van der Waals surface area contributed by atoms with Crippen LogP contribution < -0.4 is 15.8 Å². The van der Waals surface area contributed by atoms with Crippen molar-refractivity contribution in [2.24, 2.45) is 11.7 Å². The summed E-state index contributed by atoms with van der Waals surface area (Å²) in [5.41, 5.74) is 5.57. The Hall–Kier alpha value is -0.910. The molecule has 2 rings (SSSR count). The van der Waals surface area contributed by atoms with E-state index >= 15 is 0 Å². The molecule has 1 amide bonds. The number of nitrogens with two attached hydrogens (primary N) is 1. The SMILES string of the molecule is CCOc1ccc(SCC(=O)NC(C)(CN)C2CC2)cc1.Cl. The lowest BCUT2D eigenvalue weighted by atomic mass is 9.96. The van der Waals surface area contributed by atoms with E-state index < -0.39 is 0 Å². The van der Waals surface area contributed by atoms with Gasteiger partial charge in [-0.1, -0.05) is 0 Å². The molecule has 3 N–H and O–H groups in total. The van der Waals surface area contributed by atoms with Crippen molar-refractivity contribution in [3.63, 3.8) is 0 Å². The van der Waals surface area contributed by atoms with Gasteiger partial charge in [-0.05, 0) is 56.9 Å². The number of benzene rings is 1. The highest BCUT2D eigenvalue weighted by molar-refractivity contribution is 8.00. The van der Waals surface area contributed by atoms with Crippen molar-refractivity contribution in [2.75, 3.05) is 18.9 Å². The van der Waals surface area contributed by atoms with Crippen LogP contribution in [0.5, 0.6) is 5.75 Å². The van der Waals surface area contributed by atoms with Crippen molar-refractivity contribution in [3.05, 3.63) is 24.3 Å². The summed E-state index contributed by atoms with van der Waals surface area (Å²) in [5, 5.41) is 3.10. The Bertz CT molecular complexity index is 480. The summed E-state index contributed by atoms with van der Waals surface area (Å²) in [6.45, 7) is 5.16. The lowest BCUT2D eigenvalue weighted by Crippen LogP contribution is -2.53. The zero-order valence-corrected chi connectivity index (χ0v) is 14.8. The molecule has 0 spiro atoms. The van der Waals surface area contributed by atoms with Crippen molar-refractivity contribution in [2.45, 2.75) is 37.1 Å². The van der Waals surface area contributed by atoms with Gasteiger partial charge in [-0.3, -0.25) is 4.79 Å². The Balaban J connectivity index is 0.00000242. The van der Waals surface area contributed by atoms with Crippen molar-refractivity contribution >= 4 is 30.1 Å². The molecule has 4 nitrogen and oxygen atoms in total. The van der Waals surface area contributed by atoms with Gasteiger partial charge in [0.25, 0.3) is 0 Å². The Morgan fingerprint density at radius 2 is 2.05 bits per heavy atom. The van der Waals surface area contributed by atoms with Crippen LogP contribution in [0.4, 0.5) is 0 Å². The van der Waals surface area contributed by atoms with E-state index in [0.717, 1.165) is 10.6 Å². The highest BCUT2D eigenvalue weighted by Crippen LogP contribution is 2.39. The first-order valence-electron chi connectivity index (χ1n) is 7.44. The molecule has 6 heteroatoms. The highest BCUT2D eigenvalue weighted by Gasteiger charge is 2.41. The monoisotopic (exact) mass is 344 g/mol. The number of rotatable bonds is 8. The molecule has 0 saturated heterocycles. The van der Waals surface area contributed by atoms with E-state index in [-0.39, 0.29) is 23.9 Å². The quantitative estimate of drug-likeness (QED) is 0.712. The summed E-state index contributed by atoms with van der Waals surface area (Å²) in [5.74, 6) is 1.86. The molecule has 0 aromatic heterocycles. The Morgan fingerprint density at radius 1 is 1.41 bits per heavy atom. The summed E-state index contributed by atoms with van der Waals surface area (Å²) in [6.07, 6.45) is 2.33. The van der Waals surface area contributed by atoms with Crippen molar-refractivity contribution < 1.29 is 9.53 Å². The van der Waals surface area contributed by atoms with E-state index in [2.05, 4.69) is 5.32 Å². The number of halogens is 1. The molecular weight excluding hydrogens is 320 g/mol. The van der Waals surface area contributed by atoms with E-state index in [1.165, 1.54) is 24.6 Å². The zero-order valence-electron chi connectivity index (χ0n) is 13.1. The van der Waals surface area contributed by atoms with E-state index in [1.807, 2.05) is 38.1 Å². The van der Waals surface area contributed by atoms with Crippen molar-refractivity contribution in [1.82, 2.24) is 5.32 Å². The van der Waals surface area contributed by atoms with Gasteiger partial charge in [0, 0.05) is 11.4 Å². The van der Waals surface area contributed by atoms with Crippen LogP contribution in [0, 0.1) is 5.92 Å². The average molecular weight is 345 g/mol. The fourth-order valence-corrected chi connectivity index (χ4v) is 3.04. The lowest BCUT2D eigenvalue weighted by Gasteiger charge is -2.29. The molecule has 0 radical (unpaired) electrons. The number of thioether (sulfide) groups is 1. The summed E-state index contributed by atoms with van der Waals surface area (Å²) >= 11 is 1.53. The predicted octanol–water partition coefficient (Wildman–Crippen LogP) is 2.84. The summed E-state index contributed by atoms with van der Waals surface area (Å²) in [7, 11) is 0. The van der Waals surface area contributed by atoms with Crippen LogP contribution in [0.25, 0.3) is 0 Å². The van der Waals surface area contributed by atoms with E-state index in [0.29, 0.717) is 24.8 Å². The summed E-state index contributed by atoms with van der Waals surface area (Å²) in [6, 6.07) is 7.81. The van der Waals surface area contributed by atoms with Gasteiger partial charge in [0.1, 0.15) is 5.75 Å². The maximum Gasteiger partial charge on any atom is 0.230 e. The minimum absolute atomic E-state index is 0. The molecule has 1 saturated carbocycles. The third-order valence-corrected chi connectivity index (χ3v) is 4.84. The van der Waals surface area contributed by atoms with Crippen LogP contribution >= 0.6 is 24.2 Å². The van der Waals surface area contributed by atoms with Gasteiger partial charge in [-0.15, -0.1) is 24.2 Å². The summed E-state index contributed by atoms with van der Waals surface area (Å²) in [4.78, 5) is 13.1. The average Bonchev–Trinajstić information content (AvgIpc) is 3.32. The molecule has 1 unspecified atom stereocenters. The number of carbonyl (C=O) groups is 1. The van der Waals surface area contributed by atoms with Gasteiger partial charge in [-0.25, -0.2) is 0 Å². The molecule has 0 bridgehead atoms. The van der Waals surface area contributed by atoms with E-state index in [4.69, 9.17) is 10.5 Å². The smallest absolute Gasteiger partial charge is 0.230 e. The molecule has 1 aliphatic rings. The van der Waals surface area contributed by atoms with Crippen LogP contribution in [-0.2, 0) is 4.79 Å². The fraction of sp³-hybridized carbons (Fsp3) is 0.562. The maximum atomic E-state index is 12.1. The molecular formula is C16H25ClN2O2S. The molecule has 1 aliphatic carbocycles. The first-order chi connectivity index (χ1) is 10.1. The number of carbonyl (C=O) groups excluding carboxylic acids is 1. The Morgan fingerprint density at radius 3 is 2.55 bits per heavy atom. The number of hydrogen-bond donors (Lipinski definition) is 2. The van der Waals surface area contributed by atoms with Crippen molar-refractivity contribution in [3.8, 4) is 5.75 Å². The van der Waals surface area contributed by atoms with E-state index in [9.17, 15) is 4.79 Å². The molecule has 22 heavy (non-hydrogen) atoms. The first-order valence-corrected chi connectivity index (χ1v) is 8.42. The Labute approximate surface area is 143 Å². The van der Waals surface area contributed by atoms with Gasteiger partial charge in [0.2, 0.25) is 5.91 Å². The summed E-state index contributed by atoms with van der Waals surface area (Å²) < 4.78 is 5.40. The van der Waals surface area contributed by atoms with Crippen molar-refractivity contribution in [1.29, 1.82) is 0 Å². The van der Waals surface area contributed by atoms with Gasteiger partial charge in [0.15, 0.2) is 0 Å². The maximum absolute atomic E-state index is 12.1. The molecule has 1 atom stereocenters. The zero-order chi connectivity index (χ0) is 15.3. The second-order valence-electron chi connectivity index (χ2n) is 5.64. The number of nitrogens with one attached hydrogen (secondary N) is 1. The lowest BCUT2D eigenvalue weighted by molar-refractivity contribution is -0.120. The normalized spacial score (nSPS) is 16.3. The standard InChI is InChI=1S/C16H24N2O2S.ClH/c1-3-20-13-6-8-14(9-7-13)21-10-15(19)18-16(2,11-17)12-4-5-12;/h6-9,12H,3-5,10-11,17H2,1-2H3,(H,18,19);1H. The third kappa shape index (κ3) is 5.38. The first kappa shape index (κ1) is 19.1. The molecule has 0 heterocycles. The van der Waals surface area contributed by atoms with Crippen LogP contribution in [-0.4, -0.2) is 30.4 Å². The van der Waals surface area contributed by atoms with Crippen LogP contribution in [0.3, 0.4) is 0 Å². The number of hydrogen-bond acceptors (Lipinski definition) is 4. The molecule has 1 fully saturated rings. The molecule has 124 valence electrons. The topological polar surface area (TPSA) is 64.3 Å². The molecule has 1 aromatic rings. The van der Waals surface area contributed by atoms with Crippen LogP contribution in [0.1, 0.15) is 26.7 Å². The second kappa shape index (κ2) is 8.65. The largest absolute Gasteiger partial charge is 0.494 e. The van der Waals surface area contributed by atoms with Crippen LogP contribution in [0.15, 0.2) is 29.2 Å². The molecule has 0 aliphatic heterocycles. The fourth-order valence-electron chi connectivity index (χ4n) is 2.34. The third-order valence-electron chi connectivity index (χ3n) is 3.83. The Kier molecular flexibility index (Phi) is 7.53. The predicted molar refractivity (Wildman–Crippen MR) is 93.9 cm³/mol. The minimum atomic E-state index is -0.240. The second-order valence-corrected chi connectivity index (χ2v) is 6.69. The molecule has 1 aromatic carbocycles.